The number of ether oxygens (including phenoxy) is 1. The third-order valence-corrected chi connectivity index (χ3v) is 14.0. The second kappa shape index (κ2) is 56.9. The quantitative estimate of drug-likeness (QED) is 0.0321. The van der Waals surface area contributed by atoms with Crippen molar-refractivity contribution in [2.75, 3.05) is 13.2 Å². The summed E-state index contributed by atoms with van der Waals surface area (Å²) in [6, 6.07) is -0.543. The van der Waals surface area contributed by atoms with Crippen molar-refractivity contribution in [2.45, 2.75) is 341 Å². The van der Waals surface area contributed by atoms with Gasteiger partial charge in [-0.25, -0.2) is 0 Å². The standard InChI is InChI=1S/C61H117NO5/c1-3-5-7-9-11-13-15-17-19-27-31-35-39-43-47-51-55-61(66)67-56-52-48-44-40-36-32-28-24-22-20-21-23-26-30-34-38-42-46-50-54-60(65)62-58(57-63)59(64)53-49-45-41-37-33-29-25-18-16-14-12-10-8-6-4-2/h13,15,19,27,58-59,63-64H,3-12,14,16-18,20-26,28-57H2,1-2H3,(H,62,65)/b15-13-,27-19-. The Bertz CT molecular complexity index is 1040. The van der Waals surface area contributed by atoms with Gasteiger partial charge in [-0.3, -0.25) is 9.59 Å². The van der Waals surface area contributed by atoms with E-state index in [4.69, 9.17) is 4.74 Å². The first kappa shape index (κ1) is 65.3. The molecule has 0 aliphatic carbocycles. The van der Waals surface area contributed by atoms with Crippen LogP contribution in [0, 0.1) is 0 Å². The summed E-state index contributed by atoms with van der Waals surface area (Å²) < 4.78 is 5.48. The zero-order chi connectivity index (χ0) is 48.6. The van der Waals surface area contributed by atoms with Crippen molar-refractivity contribution in [1.29, 1.82) is 0 Å². The molecule has 0 saturated carbocycles. The minimum Gasteiger partial charge on any atom is -0.466 e. The van der Waals surface area contributed by atoms with Crippen LogP contribution in [0.1, 0.15) is 328 Å². The third kappa shape index (κ3) is 53.5. The lowest BCUT2D eigenvalue weighted by Gasteiger charge is -2.22. The first-order valence-corrected chi connectivity index (χ1v) is 30.1. The van der Waals surface area contributed by atoms with Gasteiger partial charge in [-0.2, -0.15) is 0 Å². The number of carbonyl (C=O) groups is 2. The number of carbonyl (C=O) groups excluding carboxylic acids is 2. The molecule has 0 heterocycles. The fourth-order valence-electron chi connectivity index (χ4n) is 9.38. The summed E-state index contributed by atoms with van der Waals surface area (Å²) in [5, 5.41) is 23.3. The minimum absolute atomic E-state index is 0.00400. The molecule has 0 aromatic heterocycles. The van der Waals surface area contributed by atoms with E-state index in [1.165, 1.54) is 244 Å². The maximum atomic E-state index is 12.5. The molecule has 0 rings (SSSR count). The van der Waals surface area contributed by atoms with Gasteiger partial charge in [-0.15, -0.1) is 0 Å². The zero-order valence-electron chi connectivity index (χ0n) is 45.1. The lowest BCUT2D eigenvalue weighted by atomic mass is 10.0. The minimum atomic E-state index is -0.666. The molecule has 396 valence electrons. The second-order valence-electron chi connectivity index (χ2n) is 20.7. The smallest absolute Gasteiger partial charge is 0.305 e. The second-order valence-corrected chi connectivity index (χ2v) is 20.7. The van der Waals surface area contributed by atoms with Crippen molar-refractivity contribution in [3.8, 4) is 0 Å². The van der Waals surface area contributed by atoms with Crippen molar-refractivity contribution in [2.24, 2.45) is 0 Å². The Labute approximate surface area is 418 Å². The first-order chi connectivity index (χ1) is 33.0. The molecule has 3 N–H and O–H groups in total. The lowest BCUT2D eigenvalue weighted by Crippen LogP contribution is -2.45. The highest BCUT2D eigenvalue weighted by molar-refractivity contribution is 5.76. The normalized spacial score (nSPS) is 12.7. The van der Waals surface area contributed by atoms with Crippen LogP contribution in [0.5, 0.6) is 0 Å². The Morgan fingerprint density at radius 3 is 1.15 bits per heavy atom. The largest absolute Gasteiger partial charge is 0.466 e. The van der Waals surface area contributed by atoms with Gasteiger partial charge in [0.15, 0.2) is 0 Å². The number of rotatable bonds is 56. The predicted octanol–water partition coefficient (Wildman–Crippen LogP) is 18.6. The van der Waals surface area contributed by atoms with Gasteiger partial charge >= 0.3 is 5.97 Å². The summed E-state index contributed by atoms with van der Waals surface area (Å²) in [5.74, 6) is -0.0404. The fourth-order valence-corrected chi connectivity index (χ4v) is 9.38. The molecule has 2 unspecified atom stereocenters. The molecule has 0 bridgehead atoms. The Balaban J connectivity index is 3.40. The summed E-state index contributed by atoms with van der Waals surface area (Å²) in [4.78, 5) is 24.5. The summed E-state index contributed by atoms with van der Waals surface area (Å²) >= 11 is 0. The highest BCUT2D eigenvalue weighted by Gasteiger charge is 2.20. The molecule has 1 amide bonds. The topological polar surface area (TPSA) is 95.9 Å². The van der Waals surface area contributed by atoms with Crippen LogP contribution in [0.2, 0.25) is 0 Å². The SMILES string of the molecule is CCCCCC/C=C\C/C=C\CCCCCCCC(=O)OCCCCCCCCCCCCCCCCCCCCCC(=O)NC(CO)C(O)CCCCCCCCCCCCCCCCC. The number of amides is 1. The van der Waals surface area contributed by atoms with Gasteiger partial charge in [0.2, 0.25) is 5.91 Å². The first-order valence-electron chi connectivity index (χ1n) is 30.1. The van der Waals surface area contributed by atoms with E-state index in [1.54, 1.807) is 0 Å². The van der Waals surface area contributed by atoms with Crippen molar-refractivity contribution in [1.82, 2.24) is 5.32 Å². The Kier molecular flexibility index (Phi) is 55.5. The van der Waals surface area contributed by atoms with Gasteiger partial charge in [0.1, 0.15) is 0 Å². The van der Waals surface area contributed by atoms with Crippen molar-refractivity contribution in [3.63, 3.8) is 0 Å². The molecule has 0 fully saturated rings. The van der Waals surface area contributed by atoms with E-state index in [9.17, 15) is 19.8 Å². The van der Waals surface area contributed by atoms with Crippen LogP contribution >= 0.6 is 0 Å². The molecule has 6 nitrogen and oxygen atoms in total. The maximum Gasteiger partial charge on any atom is 0.305 e. The molecular weight excluding hydrogens is 827 g/mol. The van der Waals surface area contributed by atoms with E-state index in [0.29, 0.717) is 25.9 Å². The van der Waals surface area contributed by atoms with Gasteiger partial charge in [-0.1, -0.05) is 282 Å². The summed E-state index contributed by atoms with van der Waals surface area (Å²) in [5.41, 5.74) is 0. The summed E-state index contributed by atoms with van der Waals surface area (Å²) in [7, 11) is 0. The predicted molar refractivity (Wildman–Crippen MR) is 292 cm³/mol. The van der Waals surface area contributed by atoms with Gasteiger partial charge in [0.05, 0.1) is 25.4 Å². The Hall–Kier alpha value is -1.66. The van der Waals surface area contributed by atoms with Gasteiger partial charge in [0, 0.05) is 12.8 Å². The van der Waals surface area contributed by atoms with E-state index in [0.717, 1.165) is 51.4 Å². The van der Waals surface area contributed by atoms with Crippen molar-refractivity contribution >= 4 is 11.9 Å². The van der Waals surface area contributed by atoms with Crippen molar-refractivity contribution < 1.29 is 24.5 Å². The summed E-state index contributed by atoms with van der Waals surface area (Å²) in [6.45, 7) is 4.94. The molecule has 0 spiro atoms. The maximum absolute atomic E-state index is 12.5. The van der Waals surface area contributed by atoms with Crippen LogP contribution in [0.25, 0.3) is 0 Å². The van der Waals surface area contributed by atoms with Crippen LogP contribution in [0.15, 0.2) is 24.3 Å². The van der Waals surface area contributed by atoms with E-state index in [1.807, 2.05) is 0 Å². The number of aliphatic hydroxyl groups excluding tert-OH is 2. The Morgan fingerprint density at radius 1 is 0.418 bits per heavy atom. The molecule has 0 aromatic carbocycles. The number of hydrogen-bond donors (Lipinski definition) is 3. The number of esters is 1. The van der Waals surface area contributed by atoms with E-state index in [-0.39, 0.29) is 18.5 Å². The van der Waals surface area contributed by atoms with E-state index < -0.39 is 12.1 Å². The molecule has 0 aliphatic heterocycles. The molecule has 0 saturated heterocycles. The summed E-state index contributed by atoms with van der Waals surface area (Å²) in [6.07, 6.45) is 68.8. The molecule has 6 heteroatoms. The van der Waals surface area contributed by atoms with E-state index in [2.05, 4.69) is 43.5 Å². The average Bonchev–Trinajstić information content (AvgIpc) is 3.33. The van der Waals surface area contributed by atoms with Crippen LogP contribution in [-0.2, 0) is 14.3 Å². The monoisotopic (exact) mass is 944 g/mol. The van der Waals surface area contributed by atoms with Gasteiger partial charge in [-0.05, 0) is 57.8 Å². The number of nitrogens with one attached hydrogen (secondary N) is 1. The fraction of sp³-hybridized carbons (Fsp3) is 0.902. The highest BCUT2D eigenvalue weighted by atomic mass is 16.5. The molecule has 2 atom stereocenters. The molecule has 0 radical (unpaired) electrons. The van der Waals surface area contributed by atoms with Crippen LogP contribution in [0.4, 0.5) is 0 Å². The third-order valence-electron chi connectivity index (χ3n) is 14.0. The highest BCUT2D eigenvalue weighted by Crippen LogP contribution is 2.18. The van der Waals surface area contributed by atoms with Gasteiger partial charge in [0.25, 0.3) is 0 Å². The van der Waals surface area contributed by atoms with Crippen molar-refractivity contribution in [3.05, 3.63) is 24.3 Å². The lowest BCUT2D eigenvalue weighted by molar-refractivity contribution is -0.143. The number of aliphatic hydroxyl groups is 2. The molecule has 0 aromatic rings. The number of hydrogen-bond acceptors (Lipinski definition) is 5. The van der Waals surface area contributed by atoms with Crippen LogP contribution in [-0.4, -0.2) is 47.4 Å². The Morgan fingerprint density at radius 2 is 0.746 bits per heavy atom. The molecule has 0 aliphatic rings. The number of allylic oxidation sites excluding steroid dienone is 4. The zero-order valence-corrected chi connectivity index (χ0v) is 45.1. The van der Waals surface area contributed by atoms with Crippen LogP contribution in [0.3, 0.4) is 0 Å². The molecular formula is C61H117NO5. The average molecular weight is 945 g/mol. The van der Waals surface area contributed by atoms with Crippen LogP contribution < -0.4 is 5.32 Å². The molecule has 67 heavy (non-hydrogen) atoms. The van der Waals surface area contributed by atoms with Gasteiger partial charge < -0.3 is 20.3 Å². The van der Waals surface area contributed by atoms with E-state index >= 15 is 0 Å². The number of unbranched alkanes of at least 4 members (excludes halogenated alkanes) is 41.